The first-order valence-corrected chi connectivity index (χ1v) is 7.13. The van der Waals surface area contributed by atoms with Gasteiger partial charge in [0, 0.05) is 30.1 Å². The molecule has 1 atom stereocenters. The van der Waals surface area contributed by atoms with Gasteiger partial charge in [-0.25, -0.2) is 4.39 Å². The Morgan fingerprint density at radius 3 is 2.67 bits per heavy atom. The lowest BCUT2D eigenvalue weighted by Crippen LogP contribution is -2.43. The molecular formula is C16H21FN2O2. The molecule has 0 bridgehead atoms. The Morgan fingerprint density at radius 2 is 2.05 bits per heavy atom. The van der Waals surface area contributed by atoms with Gasteiger partial charge in [0.15, 0.2) is 0 Å². The maximum absolute atomic E-state index is 13.2. The highest BCUT2D eigenvalue weighted by Gasteiger charge is 2.30. The Labute approximate surface area is 124 Å². The standard InChI is InChI=1S/C16H21FN2O2/c1-16(2,3)15(21)18-13-7-8-19(10-13)14(20)11-5-4-6-12(17)9-11/h4-6,9,13H,7-8,10H2,1-3H3,(H,18,21)/t13-/m0/s1. The van der Waals surface area contributed by atoms with Gasteiger partial charge in [-0.05, 0) is 24.6 Å². The summed E-state index contributed by atoms with van der Waals surface area (Å²) in [7, 11) is 0. The van der Waals surface area contributed by atoms with Gasteiger partial charge in [-0.1, -0.05) is 26.8 Å². The minimum atomic E-state index is -0.444. The van der Waals surface area contributed by atoms with Crippen LogP contribution in [-0.4, -0.2) is 35.8 Å². The van der Waals surface area contributed by atoms with Gasteiger partial charge in [0.2, 0.25) is 5.91 Å². The maximum atomic E-state index is 13.2. The Morgan fingerprint density at radius 1 is 1.33 bits per heavy atom. The predicted molar refractivity (Wildman–Crippen MR) is 78.3 cm³/mol. The van der Waals surface area contributed by atoms with Crippen LogP contribution in [0.1, 0.15) is 37.6 Å². The fraction of sp³-hybridized carbons (Fsp3) is 0.500. The molecule has 1 saturated heterocycles. The lowest BCUT2D eigenvalue weighted by atomic mass is 9.95. The van der Waals surface area contributed by atoms with Gasteiger partial charge in [0.25, 0.3) is 5.91 Å². The molecule has 21 heavy (non-hydrogen) atoms. The number of amides is 2. The van der Waals surface area contributed by atoms with Crippen molar-refractivity contribution >= 4 is 11.8 Å². The minimum Gasteiger partial charge on any atom is -0.351 e. The summed E-state index contributed by atoms with van der Waals surface area (Å²) in [6, 6.07) is 5.65. The molecule has 114 valence electrons. The molecule has 0 aliphatic carbocycles. The van der Waals surface area contributed by atoms with Crippen molar-refractivity contribution in [3.63, 3.8) is 0 Å². The summed E-state index contributed by atoms with van der Waals surface area (Å²) in [5, 5.41) is 2.96. The molecule has 2 amide bonds. The van der Waals surface area contributed by atoms with Crippen LogP contribution in [0.15, 0.2) is 24.3 Å². The number of hydrogen-bond donors (Lipinski definition) is 1. The van der Waals surface area contributed by atoms with Gasteiger partial charge in [-0.3, -0.25) is 9.59 Å². The van der Waals surface area contributed by atoms with E-state index >= 15 is 0 Å². The van der Waals surface area contributed by atoms with Gasteiger partial charge in [-0.2, -0.15) is 0 Å². The van der Waals surface area contributed by atoms with Crippen molar-refractivity contribution in [1.82, 2.24) is 10.2 Å². The third kappa shape index (κ3) is 3.80. The monoisotopic (exact) mass is 292 g/mol. The molecule has 0 aromatic heterocycles. The largest absolute Gasteiger partial charge is 0.351 e. The third-order valence-electron chi connectivity index (χ3n) is 3.56. The second-order valence-corrected chi connectivity index (χ2v) is 6.47. The van der Waals surface area contributed by atoms with Crippen LogP contribution < -0.4 is 5.32 Å². The van der Waals surface area contributed by atoms with Crippen LogP contribution in [0, 0.1) is 11.2 Å². The van der Waals surface area contributed by atoms with Gasteiger partial charge in [-0.15, -0.1) is 0 Å². The summed E-state index contributed by atoms with van der Waals surface area (Å²) in [5.74, 6) is -0.632. The highest BCUT2D eigenvalue weighted by molar-refractivity contribution is 5.94. The van der Waals surface area contributed by atoms with Crippen LogP contribution in [0.2, 0.25) is 0 Å². The van der Waals surface area contributed by atoms with Crippen LogP contribution in [-0.2, 0) is 4.79 Å². The summed E-state index contributed by atoms with van der Waals surface area (Å²) in [4.78, 5) is 25.9. The van der Waals surface area contributed by atoms with Crippen molar-refractivity contribution in [2.75, 3.05) is 13.1 Å². The number of benzene rings is 1. The molecule has 1 aromatic rings. The van der Waals surface area contributed by atoms with E-state index in [2.05, 4.69) is 5.32 Å². The van der Waals surface area contributed by atoms with Crippen LogP contribution in [0.25, 0.3) is 0 Å². The topological polar surface area (TPSA) is 49.4 Å². The molecule has 1 aromatic carbocycles. The van der Waals surface area contributed by atoms with Gasteiger partial charge < -0.3 is 10.2 Å². The lowest BCUT2D eigenvalue weighted by molar-refractivity contribution is -0.129. The number of rotatable bonds is 2. The molecule has 1 N–H and O–H groups in total. The van der Waals surface area contributed by atoms with Crippen molar-refractivity contribution < 1.29 is 14.0 Å². The molecular weight excluding hydrogens is 271 g/mol. The molecule has 0 saturated carbocycles. The average Bonchev–Trinajstić information content (AvgIpc) is 2.85. The highest BCUT2D eigenvalue weighted by atomic mass is 19.1. The van der Waals surface area contributed by atoms with E-state index in [1.54, 1.807) is 11.0 Å². The van der Waals surface area contributed by atoms with E-state index in [0.717, 1.165) is 6.42 Å². The molecule has 0 spiro atoms. The minimum absolute atomic E-state index is 0.0208. The van der Waals surface area contributed by atoms with Crippen molar-refractivity contribution in [1.29, 1.82) is 0 Å². The zero-order chi connectivity index (χ0) is 15.6. The molecule has 0 radical (unpaired) electrons. The van der Waals surface area contributed by atoms with Crippen molar-refractivity contribution in [3.05, 3.63) is 35.6 Å². The maximum Gasteiger partial charge on any atom is 0.254 e. The summed E-state index contributed by atoms with van der Waals surface area (Å²) in [5.41, 5.74) is -0.0993. The van der Waals surface area contributed by atoms with Crippen LogP contribution in [0.3, 0.4) is 0 Å². The smallest absolute Gasteiger partial charge is 0.254 e. The van der Waals surface area contributed by atoms with Crippen molar-refractivity contribution in [3.8, 4) is 0 Å². The number of carbonyl (C=O) groups is 2. The van der Waals surface area contributed by atoms with E-state index in [-0.39, 0.29) is 17.9 Å². The summed E-state index contributed by atoms with van der Waals surface area (Å²) >= 11 is 0. The van der Waals surface area contributed by atoms with Gasteiger partial charge in [0.05, 0.1) is 0 Å². The Kier molecular flexibility index (Phi) is 4.30. The number of carbonyl (C=O) groups excluding carboxylic acids is 2. The van der Waals surface area contributed by atoms with E-state index in [9.17, 15) is 14.0 Å². The quantitative estimate of drug-likeness (QED) is 0.908. The highest BCUT2D eigenvalue weighted by Crippen LogP contribution is 2.17. The number of likely N-dealkylation sites (tertiary alicyclic amines) is 1. The summed E-state index contributed by atoms with van der Waals surface area (Å²) in [6.07, 6.45) is 0.725. The number of halogens is 1. The first-order chi connectivity index (χ1) is 9.77. The molecule has 0 unspecified atom stereocenters. The lowest BCUT2D eigenvalue weighted by Gasteiger charge is -2.22. The fourth-order valence-electron chi connectivity index (χ4n) is 2.27. The second-order valence-electron chi connectivity index (χ2n) is 6.47. The normalized spacial score (nSPS) is 18.7. The SMILES string of the molecule is CC(C)(C)C(=O)N[C@H]1CCN(C(=O)c2cccc(F)c2)C1. The molecule has 2 rings (SSSR count). The fourth-order valence-corrected chi connectivity index (χ4v) is 2.27. The first-order valence-electron chi connectivity index (χ1n) is 7.13. The van der Waals surface area contributed by atoms with Gasteiger partial charge in [0.1, 0.15) is 5.82 Å². The molecule has 1 aliphatic heterocycles. The summed E-state index contributed by atoms with van der Waals surface area (Å²) in [6.45, 7) is 6.61. The van der Waals surface area contributed by atoms with E-state index in [4.69, 9.17) is 0 Å². The number of hydrogen-bond acceptors (Lipinski definition) is 2. The van der Waals surface area contributed by atoms with E-state index in [0.29, 0.717) is 18.7 Å². The van der Waals surface area contributed by atoms with Crippen LogP contribution >= 0.6 is 0 Å². The Bertz CT molecular complexity index is 551. The van der Waals surface area contributed by atoms with Gasteiger partial charge >= 0.3 is 0 Å². The van der Waals surface area contributed by atoms with E-state index in [1.165, 1.54) is 18.2 Å². The molecule has 4 nitrogen and oxygen atoms in total. The third-order valence-corrected chi connectivity index (χ3v) is 3.56. The number of nitrogens with one attached hydrogen (secondary N) is 1. The molecule has 1 fully saturated rings. The molecule has 1 aliphatic rings. The number of nitrogens with zero attached hydrogens (tertiary/aromatic N) is 1. The van der Waals surface area contributed by atoms with E-state index in [1.807, 2.05) is 20.8 Å². The first kappa shape index (κ1) is 15.5. The average molecular weight is 292 g/mol. The van der Waals surface area contributed by atoms with E-state index < -0.39 is 11.2 Å². The molecule has 1 heterocycles. The van der Waals surface area contributed by atoms with Crippen molar-refractivity contribution in [2.45, 2.75) is 33.2 Å². The Balaban J connectivity index is 1.96. The zero-order valence-corrected chi connectivity index (χ0v) is 12.6. The van der Waals surface area contributed by atoms with Crippen LogP contribution in [0.4, 0.5) is 4.39 Å². The second kappa shape index (κ2) is 5.84. The zero-order valence-electron chi connectivity index (χ0n) is 12.6. The van der Waals surface area contributed by atoms with Crippen LogP contribution in [0.5, 0.6) is 0 Å². The predicted octanol–water partition coefficient (Wildman–Crippen LogP) is 2.20. The molecule has 5 heteroatoms. The summed E-state index contributed by atoms with van der Waals surface area (Å²) < 4.78 is 13.2. The Hall–Kier alpha value is -1.91. The van der Waals surface area contributed by atoms with Crippen molar-refractivity contribution in [2.24, 2.45) is 5.41 Å².